The van der Waals surface area contributed by atoms with Crippen LogP contribution in [0.4, 0.5) is 0 Å². The fourth-order valence-electron chi connectivity index (χ4n) is 6.01. The van der Waals surface area contributed by atoms with E-state index in [0.717, 1.165) is 56.0 Å². The summed E-state index contributed by atoms with van der Waals surface area (Å²) in [5.74, 6) is 1.42. The molecule has 1 aromatic heterocycles. The zero-order valence-corrected chi connectivity index (χ0v) is 20.3. The van der Waals surface area contributed by atoms with Crippen LogP contribution in [0.1, 0.15) is 70.8 Å². The molecule has 2 aliphatic heterocycles. The summed E-state index contributed by atoms with van der Waals surface area (Å²) in [6.45, 7) is 4.23. The first kappa shape index (κ1) is 22.4. The van der Waals surface area contributed by atoms with Gasteiger partial charge in [-0.2, -0.15) is 5.10 Å². The molecule has 1 saturated carbocycles. The Morgan fingerprint density at radius 2 is 1.80 bits per heavy atom. The lowest BCUT2D eigenvalue weighted by atomic mass is 9.97. The van der Waals surface area contributed by atoms with E-state index < -0.39 is 0 Å². The largest absolute Gasteiger partial charge is 0.490 e. The van der Waals surface area contributed by atoms with Gasteiger partial charge >= 0.3 is 0 Å². The van der Waals surface area contributed by atoms with Crippen LogP contribution in [-0.2, 0) is 19.5 Å². The first-order valence-electron chi connectivity index (χ1n) is 13.1. The van der Waals surface area contributed by atoms with Crippen LogP contribution >= 0.6 is 0 Å². The van der Waals surface area contributed by atoms with Crippen molar-refractivity contribution in [1.82, 2.24) is 20.0 Å². The van der Waals surface area contributed by atoms with Crippen molar-refractivity contribution in [3.63, 3.8) is 0 Å². The van der Waals surface area contributed by atoms with Gasteiger partial charge in [0.2, 0.25) is 0 Å². The summed E-state index contributed by atoms with van der Waals surface area (Å²) in [5.41, 5.74) is 5.59. The minimum Gasteiger partial charge on any atom is -0.490 e. The second-order valence-corrected chi connectivity index (χ2v) is 10.3. The highest BCUT2D eigenvalue weighted by Gasteiger charge is 2.31. The number of carbonyl (C=O) groups excluding carboxylic acids is 1. The van der Waals surface area contributed by atoms with E-state index in [4.69, 9.17) is 4.74 Å². The van der Waals surface area contributed by atoms with Crippen LogP contribution < -0.4 is 4.74 Å². The third-order valence-electron chi connectivity index (χ3n) is 7.96. The van der Waals surface area contributed by atoms with Crippen molar-refractivity contribution >= 4 is 5.91 Å². The fraction of sp³-hybridized carbons (Fsp3) is 0.448. The molecule has 0 spiro atoms. The van der Waals surface area contributed by atoms with Gasteiger partial charge in [-0.3, -0.25) is 14.8 Å². The predicted octanol–water partition coefficient (Wildman–Crippen LogP) is 4.92. The molecule has 0 radical (unpaired) electrons. The summed E-state index contributed by atoms with van der Waals surface area (Å²) in [4.78, 5) is 17.9. The standard InChI is InChI=1S/C29H34N4O2/c34-29(33-16-14-21-7-1-2-8-22(21)20-33)26-17-30-31-28(26)24-13-15-32(19-24)18-23-9-3-6-12-27(23)35-25-10-4-5-11-25/h1-3,6-9,12,17,24-25H,4-5,10-11,13-16,18-20H2,(H,30,31)/t24-/m1/s1. The number of amides is 1. The van der Waals surface area contributed by atoms with Crippen LogP contribution in [0.3, 0.4) is 0 Å². The molecule has 6 rings (SSSR count). The highest BCUT2D eigenvalue weighted by molar-refractivity contribution is 5.95. The van der Waals surface area contributed by atoms with Crippen molar-refractivity contribution < 1.29 is 9.53 Å². The maximum atomic E-state index is 13.5. The molecule has 3 aliphatic rings. The lowest BCUT2D eigenvalue weighted by Gasteiger charge is -2.29. The van der Waals surface area contributed by atoms with E-state index in [1.165, 1.54) is 42.4 Å². The summed E-state index contributed by atoms with van der Waals surface area (Å²) in [6.07, 6.45) is 8.91. The Bertz CT molecular complexity index is 1180. The van der Waals surface area contributed by atoms with Crippen LogP contribution in [0, 0.1) is 0 Å². The number of para-hydroxylation sites is 1. The summed E-state index contributed by atoms with van der Waals surface area (Å²) in [7, 11) is 0. The number of carbonyl (C=O) groups is 1. The molecule has 2 aromatic carbocycles. The second-order valence-electron chi connectivity index (χ2n) is 10.3. The number of nitrogens with zero attached hydrogens (tertiary/aromatic N) is 3. The topological polar surface area (TPSA) is 61.5 Å². The number of ether oxygens (including phenoxy) is 1. The van der Waals surface area contributed by atoms with Gasteiger partial charge in [-0.05, 0) is 62.3 Å². The molecular weight excluding hydrogens is 436 g/mol. The van der Waals surface area contributed by atoms with E-state index in [1.54, 1.807) is 6.20 Å². The number of likely N-dealkylation sites (tertiary alicyclic amines) is 1. The average Bonchev–Trinajstić information content (AvgIpc) is 3.67. The van der Waals surface area contributed by atoms with Crippen LogP contribution in [0.15, 0.2) is 54.7 Å². The number of rotatable bonds is 6. The smallest absolute Gasteiger partial charge is 0.257 e. The molecule has 0 unspecified atom stereocenters. The minimum atomic E-state index is 0.0945. The number of nitrogens with one attached hydrogen (secondary N) is 1. The Kier molecular flexibility index (Phi) is 6.30. The molecule has 2 fully saturated rings. The number of fused-ring (bicyclic) bond motifs is 1. The molecular formula is C29H34N4O2. The van der Waals surface area contributed by atoms with Crippen LogP contribution in [0.2, 0.25) is 0 Å². The fourth-order valence-corrected chi connectivity index (χ4v) is 6.01. The zero-order valence-electron chi connectivity index (χ0n) is 20.3. The molecule has 1 atom stereocenters. The van der Waals surface area contributed by atoms with Gasteiger partial charge in [-0.25, -0.2) is 0 Å². The van der Waals surface area contributed by atoms with Gasteiger partial charge in [0.15, 0.2) is 0 Å². The Hall–Kier alpha value is -3.12. The number of H-pyrrole nitrogens is 1. The van der Waals surface area contributed by atoms with Gasteiger partial charge in [-0.1, -0.05) is 42.5 Å². The van der Waals surface area contributed by atoms with Gasteiger partial charge in [0.05, 0.1) is 23.6 Å². The highest BCUT2D eigenvalue weighted by Crippen LogP contribution is 2.33. The normalized spacial score (nSPS) is 20.8. The first-order chi connectivity index (χ1) is 17.2. The van der Waals surface area contributed by atoms with Gasteiger partial charge in [0, 0.05) is 37.7 Å². The van der Waals surface area contributed by atoms with Crippen molar-refractivity contribution in [3.8, 4) is 5.75 Å². The van der Waals surface area contributed by atoms with Gasteiger partial charge in [-0.15, -0.1) is 0 Å². The van der Waals surface area contributed by atoms with E-state index >= 15 is 0 Å². The van der Waals surface area contributed by atoms with E-state index in [-0.39, 0.29) is 11.8 Å². The quantitative estimate of drug-likeness (QED) is 0.556. The zero-order chi connectivity index (χ0) is 23.6. The van der Waals surface area contributed by atoms with E-state index in [0.29, 0.717) is 12.6 Å². The Morgan fingerprint density at radius 1 is 1.00 bits per heavy atom. The van der Waals surface area contributed by atoms with Crippen LogP contribution in [0.25, 0.3) is 0 Å². The molecule has 35 heavy (non-hydrogen) atoms. The first-order valence-corrected chi connectivity index (χ1v) is 13.1. The molecule has 6 heteroatoms. The molecule has 1 aliphatic carbocycles. The van der Waals surface area contributed by atoms with Crippen molar-refractivity contribution in [1.29, 1.82) is 0 Å². The summed E-state index contributed by atoms with van der Waals surface area (Å²) in [5, 5.41) is 7.48. The van der Waals surface area contributed by atoms with E-state index in [1.807, 2.05) is 4.90 Å². The Labute approximate surface area is 207 Å². The van der Waals surface area contributed by atoms with Gasteiger partial charge in [0.1, 0.15) is 5.75 Å². The Balaban J connectivity index is 1.12. The predicted molar refractivity (Wildman–Crippen MR) is 135 cm³/mol. The molecule has 0 bridgehead atoms. The van der Waals surface area contributed by atoms with Crippen LogP contribution in [0.5, 0.6) is 5.75 Å². The summed E-state index contributed by atoms with van der Waals surface area (Å²) in [6, 6.07) is 16.9. The molecule has 1 amide bonds. The molecule has 1 N–H and O–H groups in total. The van der Waals surface area contributed by atoms with Crippen LogP contribution in [-0.4, -0.2) is 51.6 Å². The lowest BCUT2D eigenvalue weighted by molar-refractivity contribution is 0.0733. The van der Waals surface area contributed by atoms with E-state index in [2.05, 4.69) is 63.6 Å². The minimum absolute atomic E-state index is 0.0945. The highest BCUT2D eigenvalue weighted by atomic mass is 16.5. The van der Waals surface area contributed by atoms with Crippen molar-refractivity contribution in [2.24, 2.45) is 0 Å². The third kappa shape index (κ3) is 4.72. The second kappa shape index (κ2) is 9.86. The van der Waals surface area contributed by atoms with Crippen molar-refractivity contribution in [2.75, 3.05) is 19.6 Å². The number of hydrogen-bond donors (Lipinski definition) is 1. The summed E-state index contributed by atoms with van der Waals surface area (Å²) >= 11 is 0. The average molecular weight is 471 g/mol. The Morgan fingerprint density at radius 3 is 2.69 bits per heavy atom. The molecule has 6 nitrogen and oxygen atoms in total. The summed E-state index contributed by atoms with van der Waals surface area (Å²) < 4.78 is 6.37. The van der Waals surface area contributed by atoms with Crippen molar-refractivity contribution in [2.45, 2.75) is 63.6 Å². The lowest BCUT2D eigenvalue weighted by Crippen LogP contribution is -2.36. The number of benzene rings is 2. The van der Waals surface area contributed by atoms with Gasteiger partial charge in [0.25, 0.3) is 5.91 Å². The molecule has 1 saturated heterocycles. The number of aromatic amines is 1. The monoisotopic (exact) mass is 470 g/mol. The molecule has 3 heterocycles. The maximum Gasteiger partial charge on any atom is 0.257 e. The van der Waals surface area contributed by atoms with Crippen molar-refractivity contribution in [3.05, 3.63) is 82.7 Å². The number of hydrogen-bond acceptors (Lipinski definition) is 4. The molecule has 3 aromatic rings. The number of aromatic nitrogens is 2. The molecule has 182 valence electrons. The SMILES string of the molecule is O=C(c1cn[nH]c1[C@@H]1CCN(Cc2ccccc2OC2CCCC2)C1)N1CCc2ccccc2C1. The third-order valence-corrected chi connectivity index (χ3v) is 7.96. The van der Waals surface area contributed by atoms with E-state index in [9.17, 15) is 4.79 Å². The van der Waals surface area contributed by atoms with Gasteiger partial charge < -0.3 is 9.64 Å². The maximum absolute atomic E-state index is 13.5.